The van der Waals surface area contributed by atoms with Crippen LogP contribution in [0.2, 0.25) is 0 Å². The summed E-state index contributed by atoms with van der Waals surface area (Å²) in [7, 11) is 0. The number of hydrogen-bond donors (Lipinski definition) is 0. The minimum absolute atomic E-state index is 0.845. The molecule has 1 aliphatic rings. The van der Waals surface area contributed by atoms with E-state index in [1.54, 1.807) is 0 Å². The number of benzene rings is 3. The zero-order chi connectivity index (χ0) is 16.5. The van der Waals surface area contributed by atoms with Gasteiger partial charge in [-0.2, -0.15) is 0 Å². The predicted molar refractivity (Wildman–Crippen MR) is 112 cm³/mol. The van der Waals surface area contributed by atoms with Crippen molar-refractivity contribution < 1.29 is 0 Å². The maximum absolute atomic E-state index is 3.69. The van der Waals surface area contributed by atoms with Crippen LogP contribution < -0.4 is 0 Å². The highest BCUT2D eigenvalue weighted by Crippen LogP contribution is 2.43. The number of alkyl halides is 2. The van der Waals surface area contributed by atoms with Gasteiger partial charge in [0.05, 0.1) is 0 Å². The molecule has 0 unspecified atom stereocenters. The zero-order valence-electron chi connectivity index (χ0n) is 13.1. The molecule has 0 N–H and O–H groups in total. The van der Waals surface area contributed by atoms with Crippen molar-refractivity contribution in [2.45, 2.75) is 10.7 Å². The molecule has 0 radical (unpaired) electrons. The van der Waals surface area contributed by atoms with Crippen LogP contribution in [-0.2, 0) is 10.7 Å². The van der Waals surface area contributed by atoms with E-state index in [1.807, 2.05) is 0 Å². The Bertz CT molecular complexity index is 862. The van der Waals surface area contributed by atoms with E-state index in [1.165, 1.54) is 44.5 Å². The first-order valence-electron chi connectivity index (χ1n) is 7.97. The maximum Gasteiger partial charge on any atom is 0.0289 e. The van der Waals surface area contributed by atoms with Gasteiger partial charge in [0.25, 0.3) is 0 Å². The van der Waals surface area contributed by atoms with Crippen LogP contribution in [0.15, 0.2) is 60.7 Å². The number of fused-ring (bicyclic) bond motifs is 5. The van der Waals surface area contributed by atoms with Gasteiger partial charge >= 0.3 is 0 Å². The van der Waals surface area contributed by atoms with Crippen LogP contribution in [0.5, 0.6) is 0 Å². The summed E-state index contributed by atoms with van der Waals surface area (Å²) in [4.78, 5) is 0. The summed E-state index contributed by atoms with van der Waals surface area (Å²) in [5, 5.41) is 1.69. The topological polar surface area (TPSA) is 0 Å². The number of rotatable bonds is 2. The van der Waals surface area contributed by atoms with Gasteiger partial charge < -0.3 is 0 Å². The standard InChI is InChI=1S/C22H16Br2/c23-13-17-11-12-18(14-24)22-20-8-4-2-6-16(20)10-9-15-5-1-3-7-19(15)21(17)22/h1-12H,13-14H2/b10-9-,15-9?,16-10?,21-19?,22-20?. The zero-order valence-corrected chi connectivity index (χ0v) is 16.3. The van der Waals surface area contributed by atoms with Crippen molar-refractivity contribution >= 4 is 44.0 Å². The Hall–Kier alpha value is -1.64. The second-order valence-corrected chi connectivity index (χ2v) is 7.03. The third kappa shape index (κ3) is 2.58. The second kappa shape index (κ2) is 6.70. The van der Waals surface area contributed by atoms with Crippen LogP contribution in [0.25, 0.3) is 34.4 Å². The lowest BCUT2D eigenvalue weighted by molar-refractivity contribution is 1.35. The van der Waals surface area contributed by atoms with Crippen molar-refractivity contribution in [2.24, 2.45) is 0 Å². The van der Waals surface area contributed by atoms with Crippen molar-refractivity contribution in [2.75, 3.05) is 0 Å². The first-order valence-corrected chi connectivity index (χ1v) is 10.2. The molecule has 0 saturated carbocycles. The van der Waals surface area contributed by atoms with Gasteiger partial charge in [-0.15, -0.1) is 0 Å². The average molecular weight is 440 g/mol. The van der Waals surface area contributed by atoms with Gasteiger partial charge in [-0.1, -0.05) is 105 Å². The Morgan fingerprint density at radius 3 is 1.38 bits per heavy atom. The molecule has 0 spiro atoms. The summed E-state index contributed by atoms with van der Waals surface area (Å²) in [5.41, 5.74) is 10.5. The van der Waals surface area contributed by atoms with Crippen LogP contribution in [0, 0.1) is 0 Å². The first kappa shape index (κ1) is 15.9. The minimum Gasteiger partial charge on any atom is -0.0876 e. The molecule has 0 fully saturated rings. The largest absolute Gasteiger partial charge is 0.0876 e. The van der Waals surface area contributed by atoms with Crippen molar-refractivity contribution in [3.8, 4) is 22.3 Å². The molecule has 0 bridgehead atoms. The highest BCUT2D eigenvalue weighted by Gasteiger charge is 2.20. The van der Waals surface area contributed by atoms with Gasteiger partial charge in [0.15, 0.2) is 0 Å². The van der Waals surface area contributed by atoms with Gasteiger partial charge in [0.2, 0.25) is 0 Å². The third-order valence-corrected chi connectivity index (χ3v) is 5.78. The molecule has 0 heterocycles. The van der Waals surface area contributed by atoms with Gasteiger partial charge in [0.1, 0.15) is 0 Å². The lowest BCUT2D eigenvalue weighted by Gasteiger charge is -2.22. The number of hydrogen-bond acceptors (Lipinski definition) is 0. The molecule has 1 aliphatic carbocycles. The van der Waals surface area contributed by atoms with Crippen molar-refractivity contribution in [3.05, 3.63) is 82.9 Å². The number of halogens is 2. The molecule has 4 rings (SSSR count). The summed E-state index contributed by atoms with van der Waals surface area (Å²) < 4.78 is 0. The fourth-order valence-electron chi connectivity index (χ4n) is 3.45. The lowest BCUT2D eigenvalue weighted by atomic mass is 9.83. The molecule has 0 nitrogen and oxygen atoms in total. The van der Waals surface area contributed by atoms with E-state index >= 15 is 0 Å². The quantitative estimate of drug-likeness (QED) is 0.287. The molecule has 3 aromatic carbocycles. The van der Waals surface area contributed by atoms with Crippen molar-refractivity contribution in [3.63, 3.8) is 0 Å². The van der Waals surface area contributed by atoms with E-state index < -0.39 is 0 Å². The normalized spacial score (nSPS) is 13.2. The monoisotopic (exact) mass is 438 g/mol. The van der Waals surface area contributed by atoms with Crippen molar-refractivity contribution in [1.82, 2.24) is 0 Å². The van der Waals surface area contributed by atoms with Crippen LogP contribution >= 0.6 is 31.9 Å². The molecular weight excluding hydrogens is 424 g/mol. The highest BCUT2D eigenvalue weighted by atomic mass is 79.9. The maximum atomic E-state index is 3.69. The molecular formula is C22H16Br2. The van der Waals surface area contributed by atoms with Crippen molar-refractivity contribution in [1.29, 1.82) is 0 Å². The molecule has 0 aliphatic heterocycles. The molecule has 2 heteroatoms. The summed E-state index contributed by atoms with van der Waals surface area (Å²) in [5.74, 6) is 0. The van der Waals surface area contributed by atoms with Gasteiger partial charge in [-0.25, -0.2) is 0 Å². The molecule has 0 amide bonds. The van der Waals surface area contributed by atoms with Gasteiger partial charge in [-0.05, 0) is 44.5 Å². The Morgan fingerprint density at radius 1 is 0.542 bits per heavy atom. The van der Waals surface area contributed by atoms with E-state index in [9.17, 15) is 0 Å². The molecule has 0 saturated heterocycles. The Balaban J connectivity index is 2.20. The summed E-state index contributed by atoms with van der Waals surface area (Å²) >= 11 is 7.38. The first-order chi connectivity index (χ1) is 11.8. The van der Waals surface area contributed by atoms with E-state index in [2.05, 4.69) is 105 Å². The van der Waals surface area contributed by atoms with Crippen LogP contribution in [-0.4, -0.2) is 0 Å². The van der Waals surface area contributed by atoms with Crippen LogP contribution in [0.4, 0.5) is 0 Å². The average Bonchev–Trinajstić information content (AvgIpc) is 2.64. The van der Waals surface area contributed by atoms with E-state index in [0.29, 0.717) is 0 Å². The Morgan fingerprint density at radius 2 is 0.958 bits per heavy atom. The third-order valence-electron chi connectivity index (χ3n) is 4.57. The van der Waals surface area contributed by atoms with Crippen LogP contribution in [0.3, 0.4) is 0 Å². The van der Waals surface area contributed by atoms with Gasteiger partial charge in [-0.3, -0.25) is 0 Å². The van der Waals surface area contributed by atoms with E-state index in [-0.39, 0.29) is 0 Å². The minimum atomic E-state index is 0.845. The van der Waals surface area contributed by atoms with E-state index in [4.69, 9.17) is 0 Å². The molecule has 0 aromatic heterocycles. The molecule has 0 atom stereocenters. The summed E-state index contributed by atoms with van der Waals surface area (Å²) in [6.07, 6.45) is 4.46. The molecule has 24 heavy (non-hydrogen) atoms. The Labute approximate surface area is 159 Å². The molecule has 118 valence electrons. The fourth-order valence-corrected chi connectivity index (χ4v) is 4.38. The Kier molecular flexibility index (Phi) is 4.43. The van der Waals surface area contributed by atoms with E-state index in [0.717, 1.165) is 10.7 Å². The SMILES string of the molecule is BrCc1ccc(CBr)c2c1-c1ccccc1/C=C\c1ccccc1-2. The van der Waals surface area contributed by atoms with Crippen LogP contribution in [0.1, 0.15) is 22.3 Å². The summed E-state index contributed by atoms with van der Waals surface area (Å²) in [6, 6.07) is 21.8. The predicted octanol–water partition coefficient (Wildman–Crippen LogP) is 7.29. The fraction of sp³-hybridized carbons (Fsp3) is 0.0909. The smallest absolute Gasteiger partial charge is 0.0289 e. The van der Waals surface area contributed by atoms with Gasteiger partial charge in [0, 0.05) is 10.7 Å². The highest BCUT2D eigenvalue weighted by molar-refractivity contribution is 9.08. The lowest BCUT2D eigenvalue weighted by Crippen LogP contribution is -2.00. The second-order valence-electron chi connectivity index (χ2n) is 5.91. The summed E-state index contributed by atoms with van der Waals surface area (Å²) in [6.45, 7) is 0. The molecule has 3 aromatic rings.